The van der Waals surface area contributed by atoms with Gasteiger partial charge in [0.25, 0.3) is 0 Å². The maximum atomic E-state index is 11.1. The summed E-state index contributed by atoms with van der Waals surface area (Å²) in [5, 5.41) is 3.36. The number of carbonyl (C=O) groups is 1. The SMILES string of the molecule is CCC(=O)OCc1ccc(OC(C)OCCNC(C)CC)cc1. The zero-order valence-electron chi connectivity index (χ0n) is 14.6. The van der Waals surface area contributed by atoms with Crippen LogP contribution in [0.15, 0.2) is 24.3 Å². The molecule has 0 fully saturated rings. The molecule has 0 saturated heterocycles. The van der Waals surface area contributed by atoms with E-state index in [1.165, 1.54) is 0 Å². The molecule has 0 aliphatic rings. The molecule has 5 heteroatoms. The van der Waals surface area contributed by atoms with Gasteiger partial charge < -0.3 is 19.5 Å². The van der Waals surface area contributed by atoms with Gasteiger partial charge in [0, 0.05) is 19.0 Å². The summed E-state index contributed by atoms with van der Waals surface area (Å²) in [5.41, 5.74) is 0.936. The summed E-state index contributed by atoms with van der Waals surface area (Å²) in [6.07, 6.45) is 1.19. The molecule has 1 aromatic carbocycles. The lowest BCUT2D eigenvalue weighted by Crippen LogP contribution is -2.30. The molecule has 1 aromatic rings. The second-order valence-electron chi connectivity index (χ2n) is 5.48. The Morgan fingerprint density at radius 3 is 2.48 bits per heavy atom. The van der Waals surface area contributed by atoms with Gasteiger partial charge in [0.2, 0.25) is 0 Å². The van der Waals surface area contributed by atoms with Crippen LogP contribution in [0.1, 0.15) is 46.1 Å². The van der Waals surface area contributed by atoms with Crippen LogP contribution in [0, 0.1) is 0 Å². The quantitative estimate of drug-likeness (QED) is 0.385. The minimum absolute atomic E-state index is 0.196. The Morgan fingerprint density at radius 1 is 1.17 bits per heavy atom. The normalized spacial score (nSPS) is 13.4. The second-order valence-corrected chi connectivity index (χ2v) is 5.48. The van der Waals surface area contributed by atoms with Crippen molar-refractivity contribution in [2.75, 3.05) is 13.2 Å². The second kappa shape index (κ2) is 11.0. The molecule has 0 saturated carbocycles. The summed E-state index contributed by atoms with van der Waals surface area (Å²) in [7, 11) is 0. The molecule has 23 heavy (non-hydrogen) atoms. The van der Waals surface area contributed by atoms with E-state index in [-0.39, 0.29) is 12.3 Å². The standard InChI is InChI=1S/C18H29NO4/c1-5-14(3)19-11-12-21-15(4)23-17-9-7-16(8-10-17)13-22-18(20)6-2/h7-10,14-15,19H,5-6,11-13H2,1-4H3. The van der Waals surface area contributed by atoms with Crippen LogP contribution in [0.3, 0.4) is 0 Å². The highest BCUT2D eigenvalue weighted by Crippen LogP contribution is 2.15. The lowest BCUT2D eigenvalue weighted by atomic mass is 10.2. The maximum Gasteiger partial charge on any atom is 0.305 e. The Morgan fingerprint density at radius 2 is 1.87 bits per heavy atom. The molecule has 5 nitrogen and oxygen atoms in total. The van der Waals surface area contributed by atoms with Crippen LogP contribution in [0.2, 0.25) is 0 Å². The molecule has 0 aromatic heterocycles. The summed E-state index contributed by atoms with van der Waals surface area (Å²) >= 11 is 0. The average Bonchev–Trinajstić information content (AvgIpc) is 2.57. The summed E-state index contributed by atoms with van der Waals surface area (Å²) < 4.78 is 16.4. The lowest BCUT2D eigenvalue weighted by Gasteiger charge is -2.17. The molecular formula is C18H29NO4. The minimum Gasteiger partial charge on any atom is -0.465 e. The molecule has 130 valence electrons. The molecule has 2 atom stereocenters. The molecule has 0 heterocycles. The van der Waals surface area contributed by atoms with E-state index in [1.807, 2.05) is 31.2 Å². The van der Waals surface area contributed by atoms with Gasteiger partial charge in [0.1, 0.15) is 12.4 Å². The van der Waals surface area contributed by atoms with Gasteiger partial charge in [-0.05, 0) is 38.0 Å². The fraction of sp³-hybridized carbons (Fsp3) is 0.611. The highest BCUT2D eigenvalue weighted by atomic mass is 16.7. The zero-order chi connectivity index (χ0) is 17.1. The molecule has 0 radical (unpaired) electrons. The molecule has 0 bridgehead atoms. The van der Waals surface area contributed by atoms with Crippen molar-refractivity contribution in [1.82, 2.24) is 5.32 Å². The number of rotatable bonds is 11. The van der Waals surface area contributed by atoms with Crippen LogP contribution >= 0.6 is 0 Å². The third-order valence-corrected chi connectivity index (χ3v) is 3.47. The van der Waals surface area contributed by atoms with E-state index < -0.39 is 0 Å². The van der Waals surface area contributed by atoms with Gasteiger partial charge in [-0.1, -0.05) is 26.0 Å². The summed E-state index contributed by atoms with van der Waals surface area (Å²) in [5.74, 6) is 0.538. The molecule has 0 aliphatic carbocycles. The van der Waals surface area contributed by atoms with Crippen LogP contribution in [0.5, 0.6) is 5.75 Å². The van der Waals surface area contributed by atoms with Gasteiger partial charge >= 0.3 is 5.97 Å². The van der Waals surface area contributed by atoms with Crippen LogP contribution < -0.4 is 10.1 Å². The fourth-order valence-electron chi connectivity index (χ4n) is 1.83. The van der Waals surface area contributed by atoms with Crippen molar-refractivity contribution in [2.24, 2.45) is 0 Å². The average molecular weight is 323 g/mol. The van der Waals surface area contributed by atoms with Crippen molar-refractivity contribution in [2.45, 2.75) is 59.5 Å². The zero-order valence-corrected chi connectivity index (χ0v) is 14.6. The lowest BCUT2D eigenvalue weighted by molar-refractivity contribution is -0.144. The maximum absolute atomic E-state index is 11.1. The first kappa shape index (κ1) is 19.5. The van der Waals surface area contributed by atoms with E-state index in [4.69, 9.17) is 14.2 Å². The predicted molar refractivity (Wildman–Crippen MR) is 90.3 cm³/mol. The fourth-order valence-corrected chi connectivity index (χ4v) is 1.83. The van der Waals surface area contributed by atoms with Gasteiger partial charge in [-0.15, -0.1) is 0 Å². The summed E-state index contributed by atoms with van der Waals surface area (Å²) in [4.78, 5) is 11.1. The smallest absolute Gasteiger partial charge is 0.305 e. The topological polar surface area (TPSA) is 56.8 Å². The number of hydrogen-bond acceptors (Lipinski definition) is 5. The van der Waals surface area contributed by atoms with Crippen molar-refractivity contribution < 1.29 is 19.0 Å². The van der Waals surface area contributed by atoms with Gasteiger partial charge in [-0.25, -0.2) is 0 Å². The number of nitrogens with one attached hydrogen (secondary N) is 1. The minimum atomic E-state index is -0.308. The van der Waals surface area contributed by atoms with Crippen LogP contribution in [0.25, 0.3) is 0 Å². The molecule has 0 spiro atoms. The van der Waals surface area contributed by atoms with Crippen molar-refractivity contribution in [3.63, 3.8) is 0 Å². The third kappa shape index (κ3) is 8.57. The Balaban J connectivity index is 2.27. The van der Waals surface area contributed by atoms with Crippen molar-refractivity contribution in [1.29, 1.82) is 0 Å². The number of esters is 1. The van der Waals surface area contributed by atoms with Gasteiger partial charge in [0.05, 0.1) is 6.61 Å². The summed E-state index contributed by atoms with van der Waals surface area (Å²) in [6.45, 7) is 9.66. The van der Waals surface area contributed by atoms with E-state index >= 15 is 0 Å². The first-order valence-corrected chi connectivity index (χ1v) is 8.31. The third-order valence-electron chi connectivity index (χ3n) is 3.47. The Hall–Kier alpha value is -1.59. The Kier molecular flexibility index (Phi) is 9.33. The highest BCUT2D eigenvalue weighted by Gasteiger charge is 2.05. The number of benzene rings is 1. The Labute approximate surface area is 139 Å². The van der Waals surface area contributed by atoms with Crippen molar-refractivity contribution in [3.05, 3.63) is 29.8 Å². The molecule has 2 unspecified atom stereocenters. The van der Waals surface area contributed by atoms with E-state index in [0.717, 1.165) is 24.3 Å². The van der Waals surface area contributed by atoms with Crippen molar-refractivity contribution in [3.8, 4) is 5.75 Å². The van der Waals surface area contributed by atoms with E-state index in [1.54, 1.807) is 6.92 Å². The summed E-state index contributed by atoms with van der Waals surface area (Å²) in [6, 6.07) is 7.98. The molecule has 1 N–H and O–H groups in total. The first-order valence-electron chi connectivity index (χ1n) is 8.31. The van der Waals surface area contributed by atoms with E-state index in [0.29, 0.717) is 25.7 Å². The van der Waals surface area contributed by atoms with Gasteiger partial charge in [0.15, 0.2) is 6.29 Å². The van der Waals surface area contributed by atoms with Gasteiger partial charge in [-0.2, -0.15) is 0 Å². The number of carbonyl (C=O) groups excluding carboxylic acids is 1. The van der Waals surface area contributed by atoms with Gasteiger partial charge in [-0.3, -0.25) is 4.79 Å². The highest BCUT2D eigenvalue weighted by molar-refractivity contribution is 5.68. The number of ether oxygens (including phenoxy) is 3. The van der Waals surface area contributed by atoms with Crippen LogP contribution in [-0.4, -0.2) is 31.5 Å². The van der Waals surface area contributed by atoms with E-state index in [9.17, 15) is 4.79 Å². The van der Waals surface area contributed by atoms with Crippen molar-refractivity contribution >= 4 is 5.97 Å². The molecular weight excluding hydrogens is 294 g/mol. The predicted octanol–water partition coefficient (Wildman–Crippen LogP) is 3.27. The van der Waals surface area contributed by atoms with Crippen LogP contribution in [-0.2, 0) is 20.9 Å². The van der Waals surface area contributed by atoms with Crippen LogP contribution in [0.4, 0.5) is 0 Å². The van der Waals surface area contributed by atoms with E-state index in [2.05, 4.69) is 19.2 Å². The Bertz CT molecular complexity index is 447. The molecule has 0 aliphatic heterocycles. The number of hydrogen-bond donors (Lipinski definition) is 1. The largest absolute Gasteiger partial charge is 0.465 e. The molecule has 1 rings (SSSR count). The molecule has 0 amide bonds. The first-order chi connectivity index (χ1) is 11.0. The monoisotopic (exact) mass is 323 g/mol.